The Balaban J connectivity index is 1.56. The molecule has 12 heteroatoms. The number of ether oxygens (including phenoxy) is 3. The van der Waals surface area contributed by atoms with Gasteiger partial charge in [0, 0.05) is 43.4 Å². The number of rotatable bonds is 9. The number of nitriles is 1. The summed E-state index contributed by atoms with van der Waals surface area (Å²) >= 11 is 12.6. The van der Waals surface area contributed by atoms with E-state index in [-0.39, 0.29) is 11.5 Å². The van der Waals surface area contributed by atoms with Gasteiger partial charge in [-0.05, 0) is 18.6 Å². The predicted molar refractivity (Wildman–Crippen MR) is 145 cm³/mol. The monoisotopic (exact) mass is 564 g/mol. The summed E-state index contributed by atoms with van der Waals surface area (Å²) < 4.78 is 40.1. The number of halogens is 2. The molecule has 0 atom stereocenters. The van der Waals surface area contributed by atoms with Crippen LogP contribution in [0.25, 0.3) is 10.9 Å². The second-order valence-corrected chi connectivity index (χ2v) is 11.6. The van der Waals surface area contributed by atoms with Gasteiger partial charge in [0.05, 0.1) is 64.8 Å². The van der Waals surface area contributed by atoms with Crippen LogP contribution in [0.4, 0.5) is 11.4 Å². The van der Waals surface area contributed by atoms with E-state index in [1.165, 1.54) is 20.4 Å². The maximum Gasteiger partial charge on any atom is 0.163 e. The number of nitrogens with one attached hydrogen (secondary N) is 1. The summed E-state index contributed by atoms with van der Waals surface area (Å²) in [5.41, 5.74) is 1.92. The van der Waals surface area contributed by atoms with Gasteiger partial charge in [0.15, 0.2) is 21.3 Å². The van der Waals surface area contributed by atoms with Crippen LogP contribution in [0.5, 0.6) is 17.2 Å². The van der Waals surface area contributed by atoms with Crippen LogP contribution in [0, 0.1) is 11.3 Å². The van der Waals surface area contributed by atoms with Crippen LogP contribution >= 0.6 is 23.2 Å². The molecule has 0 bridgehead atoms. The van der Waals surface area contributed by atoms with E-state index in [2.05, 4.69) is 21.3 Å². The number of aromatic nitrogens is 1. The highest BCUT2D eigenvalue weighted by molar-refractivity contribution is 7.91. The highest BCUT2D eigenvalue weighted by Crippen LogP contribution is 2.40. The Morgan fingerprint density at radius 1 is 1.05 bits per heavy atom. The molecule has 1 aliphatic rings. The van der Waals surface area contributed by atoms with E-state index in [4.69, 9.17) is 37.4 Å². The maximum atomic E-state index is 11.6. The lowest BCUT2D eigenvalue weighted by Gasteiger charge is -2.26. The molecule has 0 aliphatic carbocycles. The molecule has 1 aromatic heterocycles. The Morgan fingerprint density at radius 3 is 2.46 bits per heavy atom. The molecule has 1 fully saturated rings. The number of methoxy groups -OCH3 is 2. The first-order chi connectivity index (χ1) is 17.7. The summed E-state index contributed by atoms with van der Waals surface area (Å²) in [6.45, 7) is 2.26. The molecule has 1 saturated heterocycles. The van der Waals surface area contributed by atoms with Gasteiger partial charge in [-0.25, -0.2) is 8.42 Å². The average Bonchev–Trinajstić information content (AvgIpc) is 2.88. The van der Waals surface area contributed by atoms with Crippen molar-refractivity contribution in [2.24, 2.45) is 0 Å². The van der Waals surface area contributed by atoms with Crippen LogP contribution in [0.2, 0.25) is 10.0 Å². The number of benzene rings is 2. The SMILES string of the molecule is COc1cc(Nc2c(C#N)cnc3cc(OCCCN4CCS(=O)(=O)CC4)c(OC)cc23)c(Cl)cc1Cl. The molecule has 0 unspecified atom stereocenters. The Kier molecular flexibility index (Phi) is 8.49. The zero-order valence-electron chi connectivity index (χ0n) is 20.4. The van der Waals surface area contributed by atoms with Crippen LogP contribution in [0.3, 0.4) is 0 Å². The molecule has 37 heavy (non-hydrogen) atoms. The summed E-state index contributed by atoms with van der Waals surface area (Å²) in [6, 6.07) is 8.90. The van der Waals surface area contributed by atoms with E-state index in [1.54, 1.807) is 24.3 Å². The lowest BCUT2D eigenvalue weighted by atomic mass is 10.1. The smallest absolute Gasteiger partial charge is 0.163 e. The number of hydrogen-bond donors (Lipinski definition) is 1. The molecule has 1 aliphatic heterocycles. The zero-order valence-corrected chi connectivity index (χ0v) is 22.7. The third kappa shape index (κ3) is 6.30. The second-order valence-electron chi connectivity index (χ2n) is 8.47. The van der Waals surface area contributed by atoms with E-state index < -0.39 is 9.84 Å². The van der Waals surface area contributed by atoms with Crippen molar-refractivity contribution in [3.8, 4) is 23.3 Å². The quantitative estimate of drug-likeness (QED) is 0.370. The van der Waals surface area contributed by atoms with Gasteiger partial charge in [-0.3, -0.25) is 4.98 Å². The molecule has 4 rings (SSSR count). The molecule has 9 nitrogen and oxygen atoms in total. The van der Waals surface area contributed by atoms with Gasteiger partial charge < -0.3 is 24.4 Å². The molecule has 0 spiro atoms. The fraction of sp³-hybridized carbons (Fsp3) is 0.360. The molecular formula is C25H26Cl2N4O5S. The Labute approximate surface area is 225 Å². The first-order valence-electron chi connectivity index (χ1n) is 11.5. The van der Waals surface area contributed by atoms with Crippen LogP contribution in [0.15, 0.2) is 30.5 Å². The standard InChI is InChI=1S/C25H26Cl2N4O5S/c1-34-22-13-21(18(26)11-19(22)27)30-25-16(14-28)15-29-20-12-24(23(35-2)10-17(20)25)36-7-3-4-31-5-8-37(32,33)9-6-31/h10-13,15H,3-9H2,1-2H3,(H,29,30). The maximum absolute atomic E-state index is 11.6. The van der Waals surface area contributed by atoms with Crippen molar-refractivity contribution in [1.29, 1.82) is 5.26 Å². The fourth-order valence-corrected chi connectivity index (χ4v) is 5.84. The summed E-state index contributed by atoms with van der Waals surface area (Å²) in [4.78, 5) is 6.56. The molecule has 0 saturated carbocycles. The third-order valence-corrected chi connectivity index (χ3v) is 8.31. The van der Waals surface area contributed by atoms with Crippen LogP contribution in [-0.2, 0) is 9.84 Å². The van der Waals surface area contributed by atoms with Gasteiger partial charge in [-0.2, -0.15) is 5.26 Å². The van der Waals surface area contributed by atoms with Crippen LogP contribution < -0.4 is 19.5 Å². The third-order valence-electron chi connectivity index (χ3n) is 6.09. The summed E-state index contributed by atoms with van der Waals surface area (Å²) in [5, 5.41) is 14.3. The highest BCUT2D eigenvalue weighted by atomic mass is 35.5. The van der Waals surface area contributed by atoms with E-state index >= 15 is 0 Å². The van der Waals surface area contributed by atoms with E-state index in [0.717, 1.165) is 13.0 Å². The Bertz CT molecular complexity index is 1450. The minimum absolute atomic E-state index is 0.201. The fourth-order valence-electron chi connectivity index (χ4n) is 4.05. The molecule has 0 radical (unpaired) electrons. The van der Waals surface area contributed by atoms with Gasteiger partial charge in [0.25, 0.3) is 0 Å². The van der Waals surface area contributed by atoms with E-state index in [0.29, 0.717) is 74.8 Å². The molecule has 196 valence electrons. The largest absolute Gasteiger partial charge is 0.495 e. The molecule has 2 aromatic carbocycles. The Hall–Kier alpha value is -2.97. The zero-order chi connectivity index (χ0) is 26.6. The van der Waals surface area contributed by atoms with E-state index in [9.17, 15) is 13.7 Å². The van der Waals surface area contributed by atoms with Gasteiger partial charge >= 0.3 is 0 Å². The molecular weight excluding hydrogens is 539 g/mol. The minimum Gasteiger partial charge on any atom is -0.495 e. The number of fused-ring (bicyclic) bond motifs is 1. The van der Waals surface area contributed by atoms with Gasteiger partial charge in [-0.1, -0.05) is 23.2 Å². The van der Waals surface area contributed by atoms with Crippen molar-refractivity contribution >= 4 is 55.3 Å². The molecule has 0 amide bonds. The lowest BCUT2D eigenvalue weighted by molar-refractivity contribution is 0.240. The summed E-state index contributed by atoms with van der Waals surface area (Å²) in [6.07, 6.45) is 2.21. The summed E-state index contributed by atoms with van der Waals surface area (Å²) in [7, 11) is 0.147. The van der Waals surface area contributed by atoms with Crippen molar-refractivity contribution in [3.63, 3.8) is 0 Å². The number of sulfone groups is 1. The second kappa shape index (κ2) is 11.6. The average molecular weight is 565 g/mol. The lowest BCUT2D eigenvalue weighted by Crippen LogP contribution is -2.40. The first kappa shape index (κ1) is 27.1. The van der Waals surface area contributed by atoms with Gasteiger partial charge in [-0.15, -0.1) is 0 Å². The molecule has 2 heterocycles. The van der Waals surface area contributed by atoms with Crippen molar-refractivity contribution in [1.82, 2.24) is 9.88 Å². The normalized spacial score (nSPS) is 15.2. The van der Waals surface area contributed by atoms with Crippen molar-refractivity contribution < 1.29 is 22.6 Å². The number of anilines is 2. The predicted octanol–water partition coefficient (Wildman–Crippen LogP) is 4.67. The van der Waals surface area contributed by atoms with Crippen molar-refractivity contribution in [3.05, 3.63) is 46.1 Å². The Morgan fingerprint density at radius 2 is 1.78 bits per heavy atom. The van der Waals surface area contributed by atoms with Gasteiger partial charge in [0.2, 0.25) is 0 Å². The first-order valence-corrected chi connectivity index (χ1v) is 14.1. The highest BCUT2D eigenvalue weighted by Gasteiger charge is 2.21. The van der Waals surface area contributed by atoms with E-state index in [1.807, 2.05) is 0 Å². The summed E-state index contributed by atoms with van der Waals surface area (Å²) in [5.74, 6) is 1.84. The minimum atomic E-state index is -2.90. The molecule has 1 N–H and O–H groups in total. The number of pyridine rings is 1. The topological polar surface area (TPSA) is 114 Å². The van der Waals surface area contributed by atoms with Crippen molar-refractivity contribution in [2.45, 2.75) is 6.42 Å². The van der Waals surface area contributed by atoms with Crippen LogP contribution in [-0.4, -0.2) is 70.3 Å². The van der Waals surface area contributed by atoms with Crippen molar-refractivity contribution in [2.75, 3.05) is 57.3 Å². The molecule has 3 aromatic rings. The van der Waals surface area contributed by atoms with Crippen LogP contribution in [0.1, 0.15) is 12.0 Å². The van der Waals surface area contributed by atoms with Gasteiger partial charge in [0.1, 0.15) is 11.8 Å². The number of nitrogens with zero attached hydrogens (tertiary/aromatic N) is 3. The number of hydrogen-bond acceptors (Lipinski definition) is 9.